The normalized spacial score (nSPS) is 10.6. The Morgan fingerprint density at radius 1 is 1.21 bits per heavy atom. The first-order chi connectivity index (χ1) is 11.5. The molecule has 0 atom stereocenters. The number of pyridine rings is 1. The Bertz CT molecular complexity index is 891. The molecular formula is C16H11Cl2N3O3. The minimum atomic E-state index is -0.628. The predicted molar refractivity (Wildman–Crippen MR) is 91.5 cm³/mol. The van der Waals surface area contributed by atoms with Crippen molar-refractivity contribution in [2.45, 2.75) is 0 Å². The molecule has 1 aromatic carbocycles. The van der Waals surface area contributed by atoms with Crippen molar-refractivity contribution in [2.24, 2.45) is 0 Å². The van der Waals surface area contributed by atoms with Crippen molar-refractivity contribution in [2.75, 3.05) is 11.9 Å². The van der Waals surface area contributed by atoms with E-state index in [9.17, 15) is 9.59 Å². The Balaban J connectivity index is 1.60. The highest BCUT2D eigenvalue weighted by molar-refractivity contribution is 6.36. The molecule has 3 aromatic rings. The average Bonchev–Trinajstić information content (AvgIpc) is 2.99. The molecule has 2 aromatic heterocycles. The van der Waals surface area contributed by atoms with E-state index < -0.39 is 18.5 Å². The summed E-state index contributed by atoms with van der Waals surface area (Å²) in [6.07, 6.45) is 1.35. The summed E-state index contributed by atoms with van der Waals surface area (Å²) in [6.45, 7) is -0.463. The Hall–Kier alpha value is -2.57. The second-order valence-corrected chi connectivity index (χ2v) is 5.72. The lowest BCUT2D eigenvalue weighted by Gasteiger charge is -2.06. The molecule has 2 N–H and O–H groups in total. The van der Waals surface area contributed by atoms with Crippen molar-refractivity contribution in [3.63, 3.8) is 0 Å². The van der Waals surface area contributed by atoms with Gasteiger partial charge in [0.2, 0.25) is 0 Å². The van der Waals surface area contributed by atoms with Gasteiger partial charge in [-0.3, -0.25) is 4.79 Å². The van der Waals surface area contributed by atoms with Gasteiger partial charge >= 0.3 is 5.97 Å². The molecule has 0 aliphatic rings. The molecule has 0 aliphatic heterocycles. The number of fused-ring (bicyclic) bond motifs is 1. The number of benzene rings is 1. The van der Waals surface area contributed by atoms with Gasteiger partial charge in [-0.15, -0.1) is 0 Å². The van der Waals surface area contributed by atoms with Gasteiger partial charge in [0, 0.05) is 17.1 Å². The third-order valence-electron chi connectivity index (χ3n) is 3.15. The summed E-state index contributed by atoms with van der Waals surface area (Å²) in [5, 5.41) is 3.87. The average molecular weight is 364 g/mol. The maximum atomic E-state index is 12.0. The van der Waals surface area contributed by atoms with Gasteiger partial charge in [0.05, 0.1) is 10.0 Å². The van der Waals surface area contributed by atoms with E-state index in [1.807, 2.05) is 24.3 Å². The fourth-order valence-corrected chi connectivity index (χ4v) is 2.49. The lowest BCUT2D eigenvalue weighted by molar-refractivity contribution is -0.119. The Labute approximate surface area is 146 Å². The number of aromatic amines is 1. The molecule has 24 heavy (non-hydrogen) atoms. The van der Waals surface area contributed by atoms with Crippen LogP contribution in [0, 0.1) is 0 Å². The molecular weight excluding hydrogens is 353 g/mol. The van der Waals surface area contributed by atoms with Crippen LogP contribution < -0.4 is 5.32 Å². The summed E-state index contributed by atoms with van der Waals surface area (Å²) in [5.74, 6) is -1.04. The van der Waals surface area contributed by atoms with E-state index in [0.717, 1.165) is 10.9 Å². The number of ether oxygens (including phenoxy) is 1. The van der Waals surface area contributed by atoms with E-state index in [-0.39, 0.29) is 16.5 Å². The predicted octanol–water partition coefficient (Wildman–Crippen LogP) is 3.67. The second kappa shape index (κ2) is 6.90. The van der Waals surface area contributed by atoms with Gasteiger partial charge in [-0.05, 0) is 18.2 Å². The zero-order valence-electron chi connectivity index (χ0n) is 12.2. The van der Waals surface area contributed by atoms with Crippen LogP contribution >= 0.6 is 23.2 Å². The van der Waals surface area contributed by atoms with Crippen LogP contribution in [0.1, 0.15) is 10.5 Å². The Morgan fingerprint density at radius 2 is 2.00 bits per heavy atom. The first-order valence-corrected chi connectivity index (χ1v) is 7.64. The zero-order chi connectivity index (χ0) is 17.1. The van der Waals surface area contributed by atoms with Gasteiger partial charge in [-0.2, -0.15) is 0 Å². The second-order valence-electron chi connectivity index (χ2n) is 4.88. The van der Waals surface area contributed by atoms with Crippen LogP contribution in [0.4, 0.5) is 5.82 Å². The number of halogens is 2. The van der Waals surface area contributed by atoms with E-state index in [2.05, 4.69) is 15.3 Å². The maximum absolute atomic E-state index is 12.0. The minimum absolute atomic E-state index is 0.146. The van der Waals surface area contributed by atoms with Gasteiger partial charge in [-0.1, -0.05) is 41.4 Å². The van der Waals surface area contributed by atoms with Crippen LogP contribution in [0.5, 0.6) is 0 Å². The van der Waals surface area contributed by atoms with Crippen molar-refractivity contribution in [1.82, 2.24) is 9.97 Å². The number of hydrogen-bond acceptors (Lipinski definition) is 4. The standard InChI is InChI=1S/C16H11Cl2N3O3/c17-10-6-11(18)15(19-7-10)21-14(22)8-24-16(23)13-5-9-3-1-2-4-12(9)20-13/h1-7,20H,8H2,(H,19,21,22). The molecule has 122 valence electrons. The smallest absolute Gasteiger partial charge is 0.355 e. The van der Waals surface area contributed by atoms with Gasteiger partial charge in [0.1, 0.15) is 5.69 Å². The number of hydrogen-bond donors (Lipinski definition) is 2. The number of rotatable bonds is 4. The Kier molecular flexibility index (Phi) is 4.69. The molecule has 3 rings (SSSR count). The molecule has 0 saturated carbocycles. The number of esters is 1. The van der Waals surface area contributed by atoms with E-state index in [4.69, 9.17) is 27.9 Å². The molecule has 2 heterocycles. The van der Waals surface area contributed by atoms with Crippen LogP contribution in [0.3, 0.4) is 0 Å². The third-order valence-corrected chi connectivity index (χ3v) is 3.64. The summed E-state index contributed by atoms with van der Waals surface area (Å²) in [5.41, 5.74) is 1.08. The summed E-state index contributed by atoms with van der Waals surface area (Å²) in [4.78, 5) is 30.6. The molecule has 8 heteroatoms. The number of aromatic nitrogens is 2. The van der Waals surface area contributed by atoms with E-state index >= 15 is 0 Å². The lowest BCUT2D eigenvalue weighted by Crippen LogP contribution is -2.21. The number of nitrogens with zero attached hydrogens (tertiary/aromatic N) is 1. The molecule has 0 saturated heterocycles. The Morgan fingerprint density at radius 3 is 2.75 bits per heavy atom. The van der Waals surface area contributed by atoms with Gasteiger partial charge in [-0.25, -0.2) is 9.78 Å². The van der Waals surface area contributed by atoms with E-state index in [0.29, 0.717) is 5.02 Å². The SMILES string of the molecule is O=C(COC(=O)c1cc2ccccc2[nH]1)Nc1ncc(Cl)cc1Cl. The fraction of sp³-hybridized carbons (Fsp3) is 0.0625. The number of H-pyrrole nitrogens is 1. The highest BCUT2D eigenvalue weighted by Crippen LogP contribution is 2.22. The summed E-state index contributed by atoms with van der Waals surface area (Å²) in [7, 11) is 0. The first kappa shape index (κ1) is 16.3. The summed E-state index contributed by atoms with van der Waals surface area (Å²) in [6, 6.07) is 10.5. The number of amides is 1. The van der Waals surface area contributed by atoms with Crippen LogP contribution in [0.2, 0.25) is 10.0 Å². The number of anilines is 1. The van der Waals surface area contributed by atoms with E-state index in [1.54, 1.807) is 6.07 Å². The zero-order valence-corrected chi connectivity index (χ0v) is 13.7. The van der Waals surface area contributed by atoms with Crippen molar-refractivity contribution in [3.8, 4) is 0 Å². The van der Waals surface area contributed by atoms with Crippen LogP contribution in [-0.2, 0) is 9.53 Å². The summed E-state index contributed by atoms with van der Waals surface area (Å²) < 4.78 is 4.98. The minimum Gasteiger partial charge on any atom is -0.451 e. The van der Waals surface area contributed by atoms with Gasteiger partial charge in [0.15, 0.2) is 12.4 Å². The quantitative estimate of drug-likeness (QED) is 0.692. The fourth-order valence-electron chi connectivity index (χ4n) is 2.07. The molecule has 0 radical (unpaired) electrons. The molecule has 6 nitrogen and oxygen atoms in total. The van der Waals surface area contributed by atoms with Crippen molar-refractivity contribution in [3.05, 3.63) is 58.3 Å². The molecule has 0 aliphatic carbocycles. The largest absolute Gasteiger partial charge is 0.451 e. The van der Waals surface area contributed by atoms with Crippen molar-refractivity contribution in [1.29, 1.82) is 0 Å². The molecule has 0 spiro atoms. The molecule has 0 unspecified atom stereocenters. The highest BCUT2D eigenvalue weighted by atomic mass is 35.5. The van der Waals surface area contributed by atoms with Gasteiger partial charge in [0.25, 0.3) is 5.91 Å². The number of para-hydroxylation sites is 1. The molecule has 1 amide bonds. The third kappa shape index (κ3) is 3.67. The number of carbonyl (C=O) groups is 2. The summed E-state index contributed by atoms with van der Waals surface area (Å²) >= 11 is 11.6. The van der Waals surface area contributed by atoms with Crippen LogP contribution in [-0.4, -0.2) is 28.5 Å². The van der Waals surface area contributed by atoms with Gasteiger partial charge < -0.3 is 15.0 Å². The maximum Gasteiger partial charge on any atom is 0.355 e. The number of nitrogens with one attached hydrogen (secondary N) is 2. The van der Waals surface area contributed by atoms with Crippen molar-refractivity contribution < 1.29 is 14.3 Å². The number of carbonyl (C=O) groups excluding carboxylic acids is 2. The topological polar surface area (TPSA) is 84.1 Å². The van der Waals surface area contributed by atoms with E-state index in [1.165, 1.54) is 12.3 Å². The highest BCUT2D eigenvalue weighted by Gasteiger charge is 2.14. The lowest BCUT2D eigenvalue weighted by atomic mass is 10.2. The molecule has 0 bridgehead atoms. The van der Waals surface area contributed by atoms with Crippen LogP contribution in [0.25, 0.3) is 10.9 Å². The molecule has 0 fully saturated rings. The first-order valence-electron chi connectivity index (χ1n) is 6.89. The van der Waals surface area contributed by atoms with Crippen molar-refractivity contribution >= 4 is 51.8 Å². The monoisotopic (exact) mass is 363 g/mol. The van der Waals surface area contributed by atoms with Crippen LogP contribution in [0.15, 0.2) is 42.6 Å².